The number of pyridine rings is 1. The van der Waals surface area contributed by atoms with Gasteiger partial charge in [-0.05, 0) is 68.3 Å². The molecule has 0 amide bonds. The Balaban J connectivity index is 2.13. The number of benzene rings is 2. The summed E-state index contributed by atoms with van der Waals surface area (Å²) < 4.78 is 1.82. The Morgan fingerprint density at radius 3 is 2.67 bits per heavy atom. The van der Waals surface area contributed by atoms with Gasteiger partial charge in [0.2, 0.25) is 0 Å². The summed E-state index contributed by atoms with van der Waals surface area (Å²) in [4.78, 5) is 4.45. The number of anilines is 3. The Hall–Kier alpha value is -1.30. The number of nitrogens with one attached hydrogen (secondary N) is 1. The molecule has 3 aromatic rings. The second-order valence-corrected chi connectivity index (χ2v) is 6.71. The molecule has 0 aliphatic rings. The van der Waals surface area contributed by atoms with Gasteiger partial charge >= 0.3 is 0 Å². The van der Waals surface area contributed by atoms with E-state index in [-0.39, 0.29) is 0 Å². The van der Waals surface area contributed by atoms with E-state index in [0.717, 1.165) is 31.2 Å². The zero-order valence-corrected chi connectivity index (χ0v) is 14.6. The van der Waals surface area contributed by atoms with E-state index in [1.807, 2.05) is 36.4 Å². The fourth-order valence-corrected chi connectivity index (χ4v) is 2.90. The van der Waals surface area contributed by atoms with Gasteiger partial charge in [-0.1, -0.05) is 11.6 Å². The van der Waals surface area contributed by atoms with Gasteiger partial charge in [-0.3, -0.25) is 4.98 Å². The van der Waals surface area contributed by atoms with Crippen LogP contribution in [0, 0.1) is 0 Å². The van der Waals surface area contributed by atoms with Gasteiger partial charge < -0.3 is 11.1 Å². The SMILES string of the molecule is Nc1ccc(Nc2cc(Cl)ccc2Br)c2ncc(Br)cc12. The molecule has 3 N–H and O–H groups in total. The summed E-state index contributed by atoms with van der Waals surface area (Å²) in [5.74, 6) is 0. The van der Waals surface area contributed by atoms with Crippen molar-refractivity contribution in [2.75, 3.05) is 11.1 Å². The number of nitrogens with zero attached hydrogens (tertiary/aromatic N) is 1. The molecule has 0 unspecified atom stereocenters. The van der Waals surface area contributed by atoms with Crippen LogP contribution in [0.5, 0.6) is 0 Å². The second kappa shape index (κ2) is 5.83. The molecule has 2 aromatic carbocycles. The second-order valence-electron chi connectivity index (χ2n) is 4.50. The van der Waals surface area contributed by atoms with Crippen LogP contribution in [0.3, 0.4) is 0 Å². The Morgan fingerprint density at radius 1 is 1.05 bits per heavy atom. The van der Waals surface area contributed by atoms with Crippen LogP contribution in [-0.4, -0.2) is 4.98 Å². The average molecular weight is 428 g/mol. The van der Waals surface area contributed by atoms with E-state index in [9.17, 15) is 0 Å². The summed E-state index contributed by atoms with van der Waals surface area (Å²) in [5.41, 5.74) is 9.27. The van der Waals surface area contributed by atoms with Crippen molar-refractivity contribution in [2.45, 2.75) is 0 Å². The van der Waals surface area contributed by atoms with Crippen molar-refractivity contribution in [3.05, 3.63) is 56.6 Å². The van der Waals surface area contributed by atoms with E-state index >= 15 is 0 Å². The van der Waals surface area contributed by atoms with E-state index in [4.69, 9.17) is 17.3 Å². The standard InChI is InChI=1S/C15H10Br2ClN3/c16-8-5-10-12(19)3-4-13(15(10)20-7-8)21-14-6-9(18)1-2-11(14)17/h1-7,21H,19H2. The molecule has 106 valence electrons. The van der Waals surface area contributed by atoms with E-state index in [2.05, 4.69) is 42.2 Å². The van der Waals surface area contributed by atoms with Gasteiger partial charge in [0.25, 0.3) is 0 Å². The minimum atomic E-state index is 0.663. The molecule has 0 radical (unpaired) electrons. The van der Waals surface area contributed by atoms with Crippen LogP contribution in [0.4, 0.5) is 17.1 Å². The Labute approximate surface area is 143 Å². The van der Waals surface area contributed by atoms with Crippen molar-refractivity contribution in [2.24, 2.45) is 0 Å². The van der Waals surface area contributed by atoms with Crippen molar-refractivity contribution in [3.8, 4) is 0 Å². The third-order valence-corrected chi connectivity index (χ3v) is 4.41. The Bertz CT molecular complexity index is 837. The summed E-state index contributed by atoms with van der Waals surface area (Å²) in [6, 6.07) is 11.3. The molecule has 6 heteroatoms. The summed E-state index contributed by atoms with van der Waals surface area (Å²) in [6.07, 6.45) is 1.75. The highest BCUT2D eigenvalue weighted by Crippen LogP contribution is 2.34. The van der Waals surface area contributed by atoms with Crippen LogP contribution < -0.4 is 11.1 Å². The summed E-state index contributed by atoms with van der Waals surface area (Å²) >= 11 is 13.0. The average Bonchev–Trinajstić information content (AvgIpc) is 2.46. The highest BCUT2D eigenvalue weighted by atomic mass is 79.9. The molecule has 0 bridgehead atoms. The summed E-state index contributed by atoms with van der Waals surface area (Å²) in [7, 11) is 0. The summed E-state index contributed by atoms with van der Waals surface area (Å²) in [5, 5.41) is 4.90. The van der Waals surface area contributed by atoms with Gasteiger partial charge in [0.1, 0.15) is 0 Å². The smallest absolute Gasteiger partial charge is 0.0958 e. The lowest BCUT2D eigenvalue weighted by Crippen LogP contribution is -1.96. The molecule has 3 nitrogen and oxygen atoms in total. The van der Waals surface area contributed by atoms with Crippen LogP contribution in [-0.2, 0) is 0 Å². The highest BCUT2D eigenvalue weighted by molar-refractivity contribution is 9.10. The molecule has 0 aliphatic carbocycles. The summed E-state index contributed by atoms with van der Waals surface area (Å²) in [6.45, 7) is 0. The third kappa shape index (κ3) is 3.00. The minimum Gasteiger partial charge on any atom is -0.398 e. The molecule has 0 fully saturated rings. The largest absolute Gasteiger partial charge is 0.398 e. The molecule has 1 aromatic heterocycles. The molecule has 0 spiro atoms. The molecular formula is C15H10Br2ClN3. The number of rotatable bonds is 2. The topological polar surface area (TPSA) is 50.9 Å². The maximum atomic E-state index is 6.04. The predicted octanol–water partition coefficient (Wildman–Crippen LogP) is 5.74. The lowest BCUT2D eigenvalue weighted by Gasteiger charge is -2.12. The van der Waals surface area contributed by atoms with Crippen LogP contribution in [0.25, 0.3) is 10.9 Å². The van der Waals surface area contributed by atoms with Crippen LogP contribution in [0.1, 0.15) is 0 Å². The van der Waals surface area contributed by atoms with E-state index < -0.39 is 0 Å². The first kappa shape index (κ1) is 14.6. The number of nitrogen functional groups attached to an aromatic ring is 1. The Kier molecular flexibility index (Phi) is 4.06. The van der Waals surface area contributed by atoms with Gasteiger partial charge in [-0.2, -0.15) is 0 Å². The molecule has 0 atom stereocenters. The number of hydrogen-bond acceptors (Lipinski definition) is 3. The quantitative estimate of drug-likeness (QED) is 0.513. The number of nitrogens with two attached hydrogens (primary N) is 1. The van der Waals surface area contributed by atoms with Gasteiger partial charge in [-0.15, -0.1) is 0 Å². The molecule has 1 heterocycles. The molecule has 0 aliphatic heterocycles. The van der Waals surface area contributed by atoms with Crippen molar-refractivity contribution < 1.29 is 0 Å². The van der Waals surface area contributed by atoms with E-state index in [1.54, 1.807) is 6.20 Å². The van der Waals surface area contributed by atoms with E-state index in [0.29, 0.717) is 10.7 Å². The first-order valence-electron chi connectivity index (χ1n) is 6.10. The highest BCUT2D eigenvalue weighted by Gasteiger charge is 2.08. The lowest BCUT2D eigenvalue weighted by atomic mass is 10.1. The van der Waals surface area contributed by atoms with Crippen LogP contribution in [0.15, 0.2) is 51.5 Å². The number of hydrogen-bond donors (Lipinski definition) is 2. The van der Waals surface area contributed by atoms with Crippen molar-refractivity contribution in [3.63, 3.8) is 0 Å². The zero-order chi connectivity index (χ0) is 15.0. The minimum absolute atomic E-state index is 0.663. The number of fused-ring (bicyclic) bond motifs is 1. The lowest BCUT2D eigenvalue weighted by molar-refractivity contribution is 1.38. The number of halogens is 3. The van der Waals surface area contributed by atoms with Crippen molar-refractivity contribution >= 4 is 71.4 Å². The van der Waals surface area contributed by atoms with Crippen molar-refractivity contribution in [1.29, 1.82) is 0 Å². The molecule has 0 saturated heterocycles. The van der Waals surface area contributed by atoms with Crippen molar-refractivity contribution in [1.82, 2.24) is 4.98 Å². The third-order valence-electron chi connectivity index (χ3n) is 3.05. The number of aromatic nitrogens is 1. The fraction of sp³-hybridized carbons (Fsp3) is 0. The molecule has 21 heavy (non-hydrogen) atoms. The predicted molar refractivity (Wildman–Crippen MR) is 96.3 cm³/mol. The first-order valence-corrected chi connectivity index (χ1v) is 8.07. The van der Waals surface area contributed by atoms with Crippen LogP contribution >= 0.6 is 43.5 Å². The van der Waals surface area contributed by atoms with Gasteiger partial charge in [0.15, 0.2) is 0 Å². The van der Waals surface area contributed by atoms with Crippen LogP contribution in [0.2, 0.25) is 5.02 Å². The monoisotopic (exact) mass is 425 g/mol. The maximum absolute atomic E-state index is 6.04. The van der Waals surface area contributed by atoms with Gasteiger partial charge in [0.05, 0.1) is 16.9 Å². The van der Waals surface area contributed by atoms with Gasteiger partial charge in [0, 0.05) is 31.2 Å². The molecular weight excluding hydrogens is 417 g/mol. The maximum Gasteiger partial charge on any atom is 0.0958 e. The van der Waals surface area contributed by atoms with Gasteiger partial charge in [-0.25, -0.2) is 0 Å². The first-order chi connectivity index (χ1) is 10.0. The normalized spacial score (nSPS) is 10.8. The van der Waals surface area contributed by atoms with E-state index in [1.165, 1.54) is 0 Å². The molecule has 3 rings (SSSR count). The molecule has 0 saturated carbocycles. The Morgan fingerprint density at radius 2 is 1.86 bits per heavy atom. The zero-order valence-electron chi connectivity index (χ0n) is 10.7. The fourth-order valence-electron chi connectivity index (χ4n) is 2.06.